The summed E-state index contributed by atoms with van der Waals surface area (Å²) >= 11 is 0. The van der Waals surface area contributed by atoms with Gasteiger partial charge in [-0.1, -0.05) is 30.3 Å². The van der Waals surface area contributed by atoms with Crippen molar-refractivity contribution < 1.29 is 0 Å². The van der Waals surface area contributed by atoms with Crippen molar-refractivity contribution in [3.8, 4) is 28.5 Å². The Bertz CT molecular complexity index is 1360. The van der Waals surface area contributed by atoms with Crippen LogP contribution in [0.25, 0.3) is 28.5 Å². The van der Waals surface area contributed by atoms with Crippen molar-refractivity contribution in [2.75, 3.05) is 0 Å². The molecule has 1 aromatic carbocycles. The van der Waals surface area contributed by atoms with Gasteiger partial charge in [0.15, 0.2) is 0 Å². The van der Waals surface area contributed by atoms with Gasteiger partial charge < -0.3 is 0 Å². The Balaban J connectivity index is 1.48. The first-order valence-corrected chi connectivity index (χ1v) is 10.6. The van der Waals surface area contributed by atoms with Crippen LogP contribution in [-0.2, 0) is 12.5 Å². The van der Waals surface area contributed by atoms with Gasteiger partial charge in [-0.3, -0.25) is 14.6 Å². The van der Waals surface area contributed by atoms with Gasteiger partial charge in [0.25, 0.3) is 0 Å². The summed E-state index contributed by atoms with van der Waals surface area (Å²) < 4.78 is 3.65. The molecule has 0 unspecified atom stereocenters. The molecule has 6 nitrogen and oxygen atoms in total. The van der Waals surface area contributed by atoms with Crippen LogP contribution in [0.2, 0.25) is 0 Å². The van der Waals surface area contributed by atoms with E-state index in [0.29, 0.717) is 0 Å². The predicted octanol–water partition coefficient (Wildman–Crippen LogP) is 5.06. The van der Waals surface area contributed by atoms with Gasteiger partial charge in [0, 0.05) is 24.9 Å². The molecule has 0 amide bonds. The predicted molar refractivity (Wildman–Crippen MR) is 125 cm³/mol. The Hall–Kier alpha value is -4.06. The van der Waals surface area contributed by atoms with Crippen molar-refractivity contribution in [2.24, 2.45) is 7.05 Å². The minimum absolute atomic E-state index is 0.386. The van der Waals surface area contributed by atoms with E-state index < -0.39 is 0 Å². The van der Waals surface area contributed by atoms with Gasteiger partial charge in [-0.05, 0) is 62.4 Å². The fraction of sp³-hybridized carbons (Fsp3) is 0.154. The monoisotopic (exact) mass is 420 g/mol. The van der Waals surface area contributed by atoms with Crippen LogP contribution in [0.5, 0.6) is 0 Å². The molecule has 5 aromatic rings. The lowest BCUT2D eigenvalue weighted by atomic mass is 9.84. The number of hydrogen-bond acceptors (Lipinski definition) is 4. The third kappa shape index (κ3) is 3.71. The minimum atomic E-state index is -0.386. The zero-order valence-corrected chi connectivity index (χ0v) is 18.3. The SMILES string of the molecule is Cn1ccc(-c2cccc(C(C)(C)c3cccc(-c4ccn(-c5ccccc5)n4)n3)n2)n1. The highest BCUT2D eigenvalue weighted by atomic mass is 15.3. The molecule has 0 aliphatic heterocycles. The van der Waals surface area contributed by atoms with E-state index in [1.165, 1.54) is 0 Å². The summed E-state index contributed by atoms with van der Waals surface area (Å²) in [7, 11) is 1.91. The molecule has 0 saturated heterocycles. The molecule has 32 heavy (non-hydrogen) atoms. The van der Waals surface area contributed by atoms with Crippen molar-refractivity contribution in [3.63, 3.8) is 0 Å². The second kappa shape index (κ2) is 7.89. The summed E-state index contributed by atoms with van der Waals surface area (Å²) in [6, 6.07) is 26.2. The van der Waals surface area contributed by atoms with Gasteiger partial charge in [-0.25, -0.2) is 4.68 Å². The Labute approximate surface area is 187 Å². The molecule has 0 saturated carbocycles. The van der Waals surface area contributed by atoms with E-state index in [4.69, 9.17) is 15.1 Å². The summed E-state index contributed by atoms with van der Waals surface area (Å²) in [5.41, 5.74) is 5.91. The normalized spacial score (nSPS) is 11.6. The summed E-state index contributed by atoms with van der Waals surface area (Å²) in [4.78, 5) is 9.88. The van der Waals surface area contributed by atoms with E-state index in [0.717, 1.165) is 39.9 Å². The lowest BCUT2D eigenvalue weighted by molar-refractivity contribution is 0.596. The topological polar surface area (TPSA) is 61.4 Å². The smallest absolute Gasteiger partial charge is 0.111 e. The van der Waals surface area contributed by atoms with Gasteiger partial charge in [0.05, 0.1) is 28.5 Å². The molecular weight excluding hydrogens is 396 g/mol. The third-order valence-electron chi connectivity index (χ3n) is 5.63. The van der Waals surface area contributed by atoms with Crippen LogP contribution < -0.4 is 0 Å². The van der Waals surface area contributed by atoms with E-state index in [-0.39, 0.29) is 5.41 Å². The van der Waals surface area contributed by atoms with Gasteiger partial charge >= 0.3 is 0 Å². The minimum Gasteiger partial charge on any atom is -0.275 e. The largest absolute Gasteiger partial charge is 0.275 e. The molecule has 0 aliphatic rings. The van der Waals surface area contributed by atoms with Crippen molar-refractivity contribution in [2.45, 2.75) is 19.3 Å². The Morgan fingerprint density at radius 3 is 1.78 bits per heavy atom. The number of hydrogen-bond donors (Lipinski definition) is 0. The van der Waals surface area contributed by atoms with Crippen LogP contribution in [0.3, 0.4) is 0 Å². The summed E-state index contributed by atoms with van der Waals surface area (Å²) in [6.07, 6.45) is 3.89. The fourth-order valence-electron chi connectivity index (χ4n) is 3.72. The van der Waals surface area contributed by atoms with Crippen molar-refractivity contribution in [3.05, 3.63) is 103 Å². The van der Waals surface area contributed by atoms with Crippen LogP contribution in [0.1, 0.15) is 25.2 Å². The van der Waals surface area contributed by atoms with E-state index in [1.807, 2.05) is 103 Å². The standard InChI is InChI=1S/C26H24N6/c1-26(2,24-13-7-11-20(27-24)22-15-17-31(3)29-22)25-14-8-12-21(28-25)23-16-18-32(30-23)19-9-5-4-6-10-19/h4-18H,1-3H3. The first-order chi connectivity index (χ1) is 15.5. The van der Waals surface area contributed by atoms with Gasteiger partial charge in [0.2, 0.25) is 0 Å². The van der Waals surface area contributed by atoms with Crippen LogP contribution >= 0.6 is 0 Å². The van der Waals surface area contributed by atoms with Gasteiger partial charge in [-0.15, -0.1) is 0 Å². The molecule has 0 aliphatic carbocycles. The molecule has 4 aromatic heterocycles. The van der Waals surface area contributed by atoms with E-state index in [1.54, 1.807) is 4.68 Å². The first kappa shape index (κ1) is 19.9. The Kier molecular flexibility index (Phi) is 4.90. The number of para-hydroxylation sites is 1. The van der Waals surface area contributed by atoms with E-state index in [2.05, 4.69) is 18.9 Å². The molecule has 0 bridgehead atoms. The number of aromatic nitrogens is 6. The zero-order valence-electron chi connectivity index (χ0n) is 18.3. The first-order valence-electron chi connectivity index (χ1n) is 10.6. The highest BCUT2D eigenvalue weighted by Gasteiger charge is 2.27. The van der Waals surface area contributed by atoms with Crippen LogP contribution in [0, 0.1) is 0 Å². The summed E-state index contributed by atoms with van der Waals surface area (Å²) in [5, 5.41) is 9.22. The Morgan fingerprint density at radius 1 is 0.594 bits per heavy atom. The molecule has 0 spiro atoms. The maximum absolute atomic E-state index is 4.97. The van der Waals surface area contributed by atoms with E-state index in [9.17, 15) is 0 Å². The lowest BCUT2D eigenvalue weighted by Crippen LogP contribution is -2.22. The van der Waals surface area contributed by atoms with Crippen molar-refractivity contribution >= 4 is 0 Å². The summed E-state index contributed by atoms with van der Waals surface area (Å²) in [5.74, 6) is 0. The number of aryl methyl sites for hydroxylation is 1. The highest BCUT2D eigenvalue weighted by molar-refractivity contribution is 5.56. The average Bonchev–Trinajstić information content (AvgIpc) is 3.50. The van der Waals surface area contributed by atoms with Gasteiger partial charge in [0.1, 0.15) is 11.4 Å². The quantitative estimate of drug-likeness (QED) is 0.399. The third-order valence-corrected chi connectivity index (χ3v) is 5.63. The molecule has 0 atom stereocenters. The van der Waals surface area contributed by atoms with Crippen LogP contribution in [0.4, 0.5) is 0 Å². The molecule has 0 fully saturated rings. The highest BCUT2D eigenvalue weighted by Crippen LogP contribution is 2.31. The molecule has 0 N–H and O–H groups in total. The van der Waals surface area contributed by atoms with Crippen LogP contribution in [0.15, 0.2) is 91.3 Å². The molecule has 4 heterocycles. The molecular formula is C26H24N6. The Morgan fingerprint density at radius 2 is 1.19 bits per heavy atom. The molecule has 5 rings (SSSR count). The fourth-order valence-corrected chi connectivity index (χ4v) is 3.72. The van der Waals surface area contributed by atoms with Crippen molar-refractivity contribution in [1.82, 2.24) is 29.5 Å². The summed E-state index contributed by atoms with van der Waals surface area (Å²) in [6.45, 7) is 4.29. The van der Waals surface area contributed by atoms with Gasteiger partial charge in [-0.2, -0.15) is 10.2 Å². The number of benzene rings is 1. The maximum Gasteiger partial charge on any atom is 0.111 e. The van der Waals surface area contributed by atoms with Crippen molar-refractivity contribution in [1.29, 1.82) is 0 Å². The number of nitrogens with zero attached hydrogens (tertiary/aromatic N) is 6. The lowest BCUT2D eigenvalue weighted by Gasteiger charge is -2.24. The zero-order chi connectivity index (χ0) is 22.1. The number of pyridine rings is 2. The second-order valence-corrected chi connectivity index (χ2v) is 8.30. The average molecular weight is 421 g/mol. The number of rotatable bonds is 5. The molecule has 0 radical (unpaired) electrons. The van der Waals surface area contributed by atoms with E-state index >= 15 is 0 Å². The maximum atomic E-state index is 4.97. The molecule has 158 valence electrons. The van der Waals surface area contributed by atoms with Crippen LogP contribution in [-0.4, -0.2) is 29.5 Å². The molecule has 6 heteroatoms. The second-order valence-electron chi connectivity index (χ2n) is 8.30.